The van der Waals surface area contributed by atoms with Gasteiger partial charge in [-0.2, -0.15) is 0 Å². The summed E-state index contributed by atoms with van der Waals surface area (Å²) in [5.41, 5.74) is 2.65. The van der Waals surface area contributed by atoms with Gasteiger partial charge >= 0.3 is 0 Å². The predicted octanol–water partition coefficient (Wildman–Crippen LogP) is 3.53. The molecule has 1 aliphatic carbocycles. The zero-order valence-electron chi connectivity index (χ0n) is 20.5. The molecule has 8 nitrogen and oxygen atoms in total. The first-order valence-electron chi connectivity index (χ1n) is 12.7. The highest BCUT2D eigenvalue weighted by molar-refractivity contribution is 6.42. The number of anilines is 1. The van der Waals surface area contributed by atoms with Crippen LogP contribution in [0.25, 0.3) is 0 Å². The Hall–Kier alpha value is -1.97. The van der Waals surface area contributed by atoms with E-state index in [2.05, 4.69) is 27.1 Å². The van der Waals surface area contributed by atoms with Gasteiger partial charge in [0.1, 0.15) is 12.1 Å². The molecule has 2 fully saturated rings. The number of piperazine rings is 1. The quantitative estimate of drug-likeness (QED) is 0.586. The molecule has 0 bridgehead atoms. The number of nitrogens with one attached hydrogen (secondary N) is 1. The van der Waals surface area contributed by atoms with Crippen molar-refractivity contribution in [2.45, 2.75) is 50.2 Å². The molecule has 0 saturated carbocycles. The summed E-state index contributed by atoms with van der Waals surface area (Å²) < 4.78 is 5.47. The van der Waals surface area contributed by atoms with Crippen LogP contribution in [-0.2, 0) is 9.53 Å². The molecule has 0 radical (unpaired) electrons. The van der Waals surface area contributed by atoms with E-state index >= 15 is 0 Å². The average molecular weight is 534 g/mol. The Morgan fingerprint density at radius 2 is 1.92 bits per heavy atom. The summed E-state index contributed by atoms with van der Waals surface area (Å²) in [6.45, 7) is 6.69. The minimum Gasteiger partial charge on any atom is -0.387 e. The molecule has 3 aliphatic rings. The number of benzene rings is 1. The van der Waals surface area contributed by atoms with E-state index in [9.17, 15) is 9.90 Å². The fourth-order valence-corrected chi connectivity index (χ4v) is 5.88. The Morgan fingerprint density at radius 3 is 2.64 bits per heavy atom. The third-order valence-electron chi connectivity index (χ3n) is 7.65. The minimum absolute atomic E-state index is 0.0873. The number of aromatic nitrogens is 2. The van der Waals surface area contributed by atoms with Crippen LogP contribution in [-0.4, -0.2) is 77.9 Å². The summed E-state index contributed by atoms with van der Waals surface area (Å²) in [6, 6.07) is 5.81. The van der Waals surface area contributed by atoms with Crippen molar-refractivity contribution in [3.8, 4) is 0 Å². The van der Waals surface area contributed by atoms with Gasteiger partial charge in [-0.05, 0) is 42.9 Å². The summed E-state index contributed by atoms with van der Waals surface area (Å²) >= 11 is 12.5. The van der Waals surface area contributed by atoms with Crippen LogP contribution in [0.3, 0.4) is 0 Å². The molecule has 3 atom stereocenters. The summed E-state index contributed by atoms with van der Waals surface area (Å²) in [5.74, 6) is 0.830. The van der Waals surface area contributed by atoms with Crippen molar-refractivity contribution in [3.63, 3.8) is 0 Å². The first-order chi connectivity index (χ1) is 17.4. The van der Waals surface area contributed by atoms with Crippen LogP contribution >= 0.6 is 23.2 Å². The number of nitrogens with zero attached hydrogens (tertiary/aromatic N) is 4. The number of aliphatic hydroxyl groups is 1. The van der Waals surface area contributed by atoms with Crippen LogP contribution in [0.15, 0.2) is 24.5 Å². The van der Waals surface area contributed by atoms with Crippen molar-refractivity contribution in [2.75, 3.05) is 50.8 Å². The van der Waals surface area contributed by atoms with Gasteiger partial charge in [-0.15, -0.1) is 0 Å². The van der Waals surface area contributed by atoms with Crippen molar-refractivity contribution < 1.29 is 14.6 Å². The number of aliphatic hydroxyl groups excluding tert-OH is 1. The van der Waals surface area contributed by atoms with Crippen LogP contribution in [0.1, 0.15) is 60.9 Å². The van der Waals surface area contributed by atoms with E-state index in [-0.39, 0.29) is 17.7 Å². The molecule has 1 aromatic heterocycles. The fourth-order valence-electron chi connectivity index (χ4n) is 5.58. The lowest BCUT2D eigenvalue weighted by molar-refractivity contribution is -0.133. The maximum Gasteiger partial charge on any atom is 0.231 e. The summed E-state index contributed by atoms with van der Waals surface area (Å²) in [5, 5.41) is 14.9. The van der Waals surface area contributed by atoms with Gasteiger partial charge < -0.3 is 25.0 Å². The molecule has 2 N–H and O–H groups in total. The van der Waals surface area contributed by atoms with E-state index in [0.717, 1.165) is 48.7 Å². The van der Waals surface area contributed by atoms with Crippen molar-refractivity contribution in [1.29, 1.82) is 0 Å². The SMILES string of the molecule is C[C@@H]1C[C@H](O)c2ncnc(N3CCN(C(=O)[C@H](CNC4CCOCC4)c4ccc(Cl)c(Cl)c4)CC3)c21. The highest BCUT2D eigenvalue weighted by atomic mass is 35.5. The Balaban J connectivity index is 1.29. The van der Waals surface area contributed by atoms with Crippen LogP contribution < -0.4 is 10.2 Å². The first kappa shape index (κ1) is 25.7. The first-order valence-corrected chi connectivity index (χ1v) is 13.5. The molecule has 2 aromatic rings. The van der Waals surface area contributed by atoms with E-state index < -0.39 is 6.10 Å². The molecule has 10 heteroatoms. The van der Waals surface area contributed by atoms with Gasteiger partial charge in [0.25, 0.3) is 0 Å². The van der Waals surface area contributed by atoms with E-state index in [0.29, 0.717) is 55.2 Å². The van der Waals surface area contributed by atoms with Crippen molar-refractivity contribution in [3.05, 3.63) is 51.4 Å². The van der Waals surface area contributed by atoms with Crippen LogP contribution in [0, 0.1) is 0 Å². The Kier molecular flexibility index (Phi) is 7.98. The number of hydrogen-bond acceptors (Lipinski definition) is 7. The van der Waals surface area contributed by atoms with Crippen molar-refractivity contribution in [2.24, 2.45) is 0 Å². The zero-order valence-corrected chi connectivity index (χ0v) is 22.0. The predicted molar refractivity (Wildman–Crippen MR) is 140 cm³/mol. The van der Waals surface area contributed by atoms with E-state index in [1.54, 1.807) is 6.07 Å². The van der Waals surface area contributed by atoms with Gasteiger partial charge in [-0.1, -0.05) is 36.2 Å². The van der Waals surface area contributed by atoms with Gasteiger partial charge in [-0.25, -0.2) is 9.97 Å². The zero-order chi connectivity index (χ0) is 25.2. The number of carbonyl (C=O) groups is 1. The van der Waals surface area contributed by atoms with Crippen LogP contribution in [0.4, 0.5) is 5.82 Å². The smallest absolute Gasteiger partial charge is 0.231 e. The summed E-state index contributed by atoms with van der Waals surface area (Å²) in [6.07, 6.45) is 3.56. The third-order valence-corrected chi connectivity index (χ3v) is 8.38. The second-order valence-electron chi connectivity index (χ2n) is 9.98. The maximum atomic E-state index is 13.8. The number of halogens is 2. The van der Waals surface area contributed by atoms with Crippen LogP contribution in [0.5, 0.6) is 0 Å². The van der Waals surface area contributed by atoms with E-state index in [1.165, 1.54) is 6.33 Å². The molecule has 2 saturated heterocycles. The molecule has 194 valence electrons. The number of fused-ring (bicyclic) bond motifs is 1. The molecule has 0 spiro atoms. The lowest BCUT2D eigenvalue weighted by Crippen LogP contribution is -2.52. The number of amides is 1. The van der Waals surface area contributed by atoms with Gasteiger partial charge in [0, 0.05) is 57.5 Å². The molecule has 36 heavy (non-hydrogen) atoms. The molecule has 1 amide bonds. The van der Waals surface area contributed by atoms with Crippen LogP contribution in [0.2, 0.25) is 10.0 Å². The minimum atomic E-state index is -0.533. The van der Waals surface area contributed by atoms with Gasteiger partial charge in [-0.3, -0.25) is 4.79 Å². The summed E-state index contributed by atoms with van der Waals surface area (Å²) in [4.78, 5) is 26.9. The number of rotatable bonds is 6. The van der Waals surface area contributed by atoms with Crippen molar-refractivity contribution in [1.82, 2.24) is 20.2 Å². The molecule has 2 aliphatic heterocycles. The molecule has 1 aromatic carbocycles. The molecule has 0 unspecified atom stereocenters. The van der Waals surface area contributed by atoms with Gasteiger partial charge in [0.15, 0.2) is 0 Å². The fraction of sp³-hybridized carbons (Fsp3) is 0.577. The highest BCUT2D eigenvalue weighted by Gasteiger charge is 2.35. The maximum absolute atomic E-state index is 13.8. The second-order valence-corrected chi connectivity index (χ2v) is 10.8. The Labute approximate surface area is 221 Å². The third kappa shape index (κ3) is 5.34. The lowest BCUT2D eigenvalue weighted by atomic mass is 9.96. The number of ether oxygens (including phenoxy) is 1. The average Bonchev–Trinajstić information content (AvgIpc) is 3.20. The molecular formula is C26H33Cl2N5O3. The summed E-state index contributed by atoms with van der Waals surface area (Å²) in [7, 11) is 0. The highest BCUT2D eigenvalue weighted by Crippen LogP contribution is 2.42. The Bertz CT molecular complexity index is 1090. The van der Waals surface area contributed by atoms with Crippen molar-refractivity contribution >= 4 is 34.9 Å². The molecular weight excluding hydrogens is 501 g/mol. The number of carbonyl (C=O) groups excluding carboxylic acids is 1. The monoisotopic (exact) mass is 533 g/mol. The lowest BCUT2D eigenvalue weighted by Gasteiger charge is -2.38. The van der Waals surface area contributed by atoms with Gasteiger partial charge in [0.2, 0.25) is 5.91 Å². The molecule has 5 rings (SSSR count). The largest absolute Gasteiger partial charge is 0.387 e. The van der Waals surface area contributed by atoms with Gasteiger partial charge in [0.05, 0.1) is 27.8 Å². The normalized spacial score (nSPS) is 23.6. The Morgan fingerprint density at radius 1 is 1.17 bits per heavy atom. The van der Waals surface area contributed by atoms with E-state index in [1.807, 2.05) is 17.0 Å². The second kappa shape index (κ2) is 11.2. The molecule has 3 heterocycles. The number of hydrogen-bond donors (Lipinski definition) is 2. The van der Waals surface area contributed by atoms with E-state index in [4.69, 9.17) is 27.9 Å². The standard InChI is InChI=1S/C26H33Cl2N5O3/c1-16-12-22(34)24-23(16)25(31-15-30-24)32-6-8-33(9-7-32)26(35)19(14-29-18-4-10-36-11-5-18)17-2-3-20(27)21(28)13-17/h2-3,13,15-16,18-19,22,29,34H,4-12,14H2,1H3/t16-,19-,22+/m1/s1. The topological polar surface area (TPSA) is 90.8 Å².